The summed E-state index contributed by atoms with van der Waals surface area (Å²) in [7, 11) is 1.50. The molecule has 6 rings (SSSR count). The summed E-state index contributed by atoms with van der Waals surface area (Å²) in [5, 5.41) is 14.1. The molecule has 2 fully saturated rings. The van der Waals surface area contributed by atoms with Gasteiger partial charge in [0.25, 0.3) is 5.91 Å². The second-order valence-electron chi connectivity index (χ2n) is 14.2. The molecule has 4 aliphatic heterocycles. The highest BCUT2D eigenvalue weighted by Crippen LogP contribution is 2.57. The number of methoxy groups -OCH3 is 1. The number of rotatable bonds is 8. The van der Waals surface area contributed by atoms with Crippen LogP contribution < -0.4 is 10.2 Å². The third kappa shape index (κ3) is 6.84. The van der Waals surface area contributed by atoms with Gasteiger partial charge in [0.1, 0.15) is 23.7 Å². The highest BCUT2D eigenvalue weighted by Gasteiger charge is 2.74. The largest absolute Gasteiger partial charge is 0.455 e. The third-order valence-corrected chi connectivity index (χ3v) is 10.6. The van der Waals surface area contributed by atoms with Gasteiger partial charge in [-0.05, 0) is 42.9 Å². The van der Waals surface area contributed by atoms with Crippen LogP contribution in [0.4, 0.5) is 5.69 Å². The number of para-hydroxylation sites is 1. The van der Waals surface area contributed by atoms with Crippen LogP contribution in [0.5, 0.6) is 0 Å². The van der Waals surface area contributed by atoms with Crippen LogP contribution in [0.3, 0.4) is 0 Å². The number of allylic oxidation sites excluding steroid dienone is 1. The predicted molar refractivity (Wildman–Crippen MR) is 191 cm³/mol. The molecule has 51 heavy (non-hydrogen) atoms. The topological polar surface area (TPSA) is 135 Å². The Bertz CT molecular complexity index is 1680. The Kier molecular flexibility index (Phi) is 11.0. The molecule has 272 valence electrons. The molecule has 2 aromatic carbocycles. The fourth-order valence-corrected chi connectivity index (χ4v) is 8.50. The van der Waals surface area contributed by atoms with Crippen molar-refractivity contribution in [1.82, 2.24) is 10.2 Å². The molecule has 3 amide bonds. The summed E-state index contributed by atoms with van der Waals surface area (Å²) in [4.78, 5) is 60.8. The number of halogens is 1. The number of esters is 1. The molecule has 2 aromatic rings. The molecule has 2 N–H and O–H groups in total. The highest BCUT2D eigenvalue weighted by molar-refractivity contribution is 6.34. The number of aryl methyl sites for hydroxylation is 1. The quantitative estimate of drug-likeness (QED) is 0.305. The summed E-state index contributed by atoms with van der Waals surface area (Å²) < 4.78 is 18.4. The van der Waals surface area contributed by atoms with Gasteiger partial charge in [-0.1, -0.05) is 92.2 Å². The number of benzene rings is 2. The van der Waals surface area contributed by atoms with Gasteiger partial charge in [0.15, 0.2) is 0 Å². The molecule has 4 heterocycles. The van der Waals surface area contributed by atoms with E-state index in [9.17, 15) is 19.5 Å². The molecule has 12 heteroatoms. The maximum Gasteiger partial charge on any atom is 0.313 e. The van der Waals surface area contributed by atoms with Crippen molar-refractivity contribution in [2.75, 3.05) is 31.8 Å². The zero-order chi connectivity index (χ0) is 36.4. The summed E-state index contributed by atoms with van der Waals surface area (Å²) in [6.45, 7) is 5.55. The Morgan fingerprint density at radius 2 is 1.82 bits per heavy atom. The van der Waals surface area contributed by atoms with E-state index in [-0.39, 0.29) is 31.4 Å². The number of nitrogens with zero attached hydrogens (tertiary/aromatic N) is 2. The van der Waals surface area contributed by atoms with E-state index in [1.54, 1.807) is 42.5 Å². The second kappa shape index (κ2) is 15.3. The number of carbonyl (C=O) groups excluding carboxylic acids is 4. The van der Waals surface area contributed by atoms with Crippen molar-refractivity contribution >= 4 is 41.0 Å². The minimum absolute atomic E-state index is 0.0507. The van der Waals surface area contributed by atoms with Crippen LogP contribution >= 0.6 is 11.6 Å². The Morgan fingerprint density at radius 3 is 2.51 bits per heavy atom. The van der Waals surface area contributed by atoms with Crippen molar-refractivity contribution in [3.05, 3.63) is 89.0 Å². The first kappa shape index (κ1) is 36.8. The number of cyclic esters (lactones) is 1. The van der Waals surface area contributed by atoms with Gasteiger partial charge in [-0.15, -0.1) is 0 Å². The van der Waals surface area contributed by atoms with Crippen LogP contribution in [0.25, 0.3) is 0 Å². The Hall–Kier alpha value is -4.03. The van der Waals surface area contributed by atoms with Crippen molar-refractivity contribution in [2.24, 2.45) is 17.8 Å². The number of hydrogen-bond donors (Lipinski definition) is 2. The van der Waals surface area contributed by atoms with E-state index < -0.39 is 72.2 Å². The zero-order valence-corrected chi connectivity index (χ0v) is 30.1. The molecule has 4 aliphatic rings. The van der Waals surface area contributed by atoms with Gasteiger partial charge >= 0.3 is 5.97 Å². The molecule has 1 spiro atoms. The number of likely N-dealkylation sites (tertiary alicyclic amines) is 1. The average Bonchev–Trinajstić information content (AvgIpc) is 3.75. The number of anilines is 1. The summed E-state index contributed by atoms with van der Waals surface area (Å²) in [6.07, 6.45) is 6.20. The van der Waals surface area contributed by atoms with E-state index >= 15 is 4.79 Å². The lowest BCUT2D eigenvalue weighted by atomic mass is 9.74. The minimum atomic E-state index is -1.51. The second-order valence-corrected chi connectivity index (χ2v) is 14.6. The number of hydrogen-bond acceptors (Lipinski definition) is 8. The Labute approximate surface area is 303 Å². The molecule has 8 atom stereocenters. The number of aliphatic hydroxyl groups is 1. The van der Waals surface area contributed by atoms with Crippen LogP contribution in [0.2, 0.25) is 5.02 Å². The molecule has 0 radical (unpaired) electrons. The smallest absolute Gasteiger partial charge is 0.313 e. The van der Waals surface area contributed by atoms with Crippen LogP contribution in [0, 0.1) is 24.7 Å². The fourth-order valence-electron chi connectivity index (χ4n) is 8.18. The van der Waals surface area contributed by atoms with Gasteiger partial charge < -0.3 is 34.4 Å². The maximum atomic E-state index is 15.2. The van der Waals surface area contributed by atoms with E-state index in [2.05, 4.69) is 5.32 Å². The van der Waals surface area contributed by atoms with Gasteiger partial charge in [0, 0.05) is 20.1 Å². The molecule has 5 bridgehead atoms. The van der Waals surface area contributed by atoms with Crippen molar-refractivity contribution in [3.63, 3.8) is 0 Å². The van der Waals surface area contributed by atoms with Crippen molar-refractivity contribution in [1.29, 1.82) is 0 Å². The normalized spacial score (nSPS) is 30.8. The Morgan fingerprint density at radius 1 is 1.06 bits per heavy atom. The molecule has 0 aliphatic carbocycles. The first-order valence-electron chi connectivity index (χ1n) is 17.6. The predicted octanol–water partition coefficient (Wildman–Crippen LogP) is 4.30. The van der Waals surface area contributed by atoms with E-state index in [0.29, 0.717) is 29.1 Å². The number of aliphatic hydroxyl groups excluding tert-OH is 1. The van der Waals surface area contributed by atoms with Gasteiger partial charge in [-0.25, -0.2) is 0 Å². The van der Waals surface area contributed by atoms with Gasteiger partial charge in [-0.2, -0.15) is 0 Å². The standard InChI is InChI=1S/C39H46ClN3O8/c1-23(2)20-26(21-44)43-35-37(47)42(33-24(3)12-11-15-27(33)40)19-10-6-9-16-30(45)41-28(22-49-4)34(25-13-7-5-8-14-25)50-38(48)31-29-17-18-39(35,51-29)32(31)36(43)46/h5-8,10-15,17-18,23,26,28-29,31-32,34-35,44H,9,16,19-22H2,1-4H3,(H,41,45)/b10-6-/t26-,28-,29+,31-,32-,34-,35+,39-/m1/s1. The minimum Gasteiger partial charge on any atom is -0.455 e. The van der Waals surface area contributed by atoms with E-state index in [0.717, 1.165) is 5.56 Å². The number of amides is 3. The summed E-state index contributed by atoms with van der Waals surface area (Å²) in [5.41, 5.74) is 0.336. The lowest BCUT2D eigenvalue weighted by Crippen LogP contribution is -2.59. The fraction of sp³-hybridized carbons (Fsp3) is 0.487. The van der Waals surface area contributed by atoms with Crippen molar-refractivity contribution < 1.29 is 38.5 Å². The molecule has 0 saturated carbocycles. The number of ether oxygens (including phenoxy) is 3. The van der Waals surface area contributed by atoms with E-state index in [1.807, 2.05) is 51.1 Å². The lowest BCUT2D eigenvalue weighted by molar-refractivity contribution is -0.162. The van der Waals surface area contributed by atoms with Gasteiger partial charge in [-0.3, -0.25) is 19.2 Å². The third-order valence-electron chi connectivity index (χ3n) is 10.3. The lowest BCUT2D eigenvalue weighted by Gasteiger charge is -2.39. The zero-order valence-electron chi connectivity index (χ0n) is 29.4. The van der Waals surface area contributed by atoms with Crippen molar-refractivity contribution in [2.45, 2.75) is 76.0 Å². The molecular formula is C39H46ClN3O8. The average molecular weight is 720 g/mol. The van der Waals surface area contributed by atoms with Crippen LogP contribution in [0.1, 0.15) is 50.3 Å². The van der Waals surface area contributed by atoms with Crippen LogP contribution in [0.15, 0.2) is 72.8 Å². The SMILES string of the molecule is COC[C@H]1NC(=O)CC/C=C\CN(c2c(C)cccc2Cl)C(=O)[C@@H]2N([C@@H](CO)CC(C)C)C(=O)[C@H]3[C@H](C(=O)O[C@@H]1c1ccccc1)[C@@H]1C=C[C@]23O1. The molecule has 2 saturated heterocycles. The summed E-state index contributed by atoms with van der Waals surface area (Å²) in [5.74, 6) is -4.03. The maximum absolute atomic E-state index is 15.2. The number of carbonyl (C=O) groups is 4. The summed E-state index contributed by atoms with van der Waals surface area (Å²) in [6, 6.07) is 11.7. The number of fused-ring (bicyclic) bond motifs is 2. The molecule has 0 unspecified atom stereocenters. The first-order valence-corrected chi connectivity index (χ1v) is 18.0. The summed E-state index contributed by atoms with van der Waals surface area (Å²) >= 11 is 6.77. The highest BCUT2D eigenvalue weighted by atomic mass is 35.5. The van der Waals surface area contributed by atoms with Gasteiger partial charge in [0.2, 0.25) is 11.8 Å². The molecule has 11 nitrogen and oxygen atoms in total. The van der Waals surface area contributed by atoms with E-state index in [1.165, 1.54) is 16.9 Å². The first-order chi connectivity index (χ1) is 24.5. The van der Waals surface area contributed by atoms with Crippen LogP contribution in [-0.2, 0) is 33.4 Å². The molecular weight excluding hydrogens is 674 g/mol. The number of nitrogens with one attached hydrogen (secondary N) is 1. The monoisotopic (exact) mass is 719 g/mol. The van der Waals surface area contributed by atoms with Crippen molar-refractivity contribution in [3.8, 4) is 0 Å². The molecule has 0 aromatic heterocycles. The van der Waals surface area contributed by atoms with Gasteiger partial charge in [0.05, 0.1) is 48.0 Å². The Balaban J connectivity index is 1.51. The van der Waals surface area contributed by atoms with E-state index in [4.69, 9.17) is 25.8 Å². The van der Waals surface area contributed by atoms with Crippen LogP contribution in [-0.4, -0.2) is 90.4 Å².